The Labute approximate surface area is 189 Å². The van der Waals surface area contributed by atoms with Gasteiger partial charge in [-0.05, 0) is 56.3 Å². The molecule has 2 amide bonds. The molecule has 0 spiro atoms. The van der Waals surface area contributed by atoms with E-state index in [-0.39, 0.29) is 0 Å². The second kappa shape index (κ2) is 12.0. The van der Waals surface area contributed by atoms with Crippen molar-refractivity contribution < 1.29 is 19.1 Å². The SMILES string of the molecule is CCOc1ccc(NC(=O)C(=O)NCCCN2CCN(c3ccccc3OC)CC2)cc1. The van der Waals surface area contributed by atoms with Gasteiger partial charge in [0.2, 0.25) is 0 Å². The number of ether oxygens (including phenoxy) is 2. The van der Waals surface area contributed by atoms with E-state index in [1.54, 1.807) is 31.4 Å². The lowest BCUT2D eigenvalue weighted by Gasteiger charge is -2.36. The van der Waals surface area contributed by atoms with E-state index in [1.807, 2.05) is 25.1 Å². The predicted octanol–water partition coefficient (Wildman–Crippen LogP) is 2.36. The highest BCUT2D eigenvalue weighted by molar-refractivity contribution is 6.39. The molecule has 8 heteroatoms. The molecule has 0 aromatic heterocycles. The summed E-state index contributed by atoms with van der Waals surface area (Å²) in [6.45, 7) is 7.57. The van der Waals surface area contributed by atoms with E-state index in [0.29, 0.717) is 18.8 Å². The second-order valence-corrected chi connectivity index (χ2v) is 7.52. The van der Waals surface area contributed by atoms with E-state index >= 15 is 0 Å². The van der Waals surface area contributed by atoms with Gasteiger partial charge in [0.15, 0.2) is 0 Å². The van der Waals surface area contributed by atoms with Gasteiger partial charge in [-0.1, -0.05) is 12.1 Å². The molecule has 32 heavy (non-hydrogen) atoms. The van der Waals surface area contributed by atoms with Crippen LogP contribution in [0.5, 0.6) is 11.5 Å². The van der Waals surface area contributed by atoms with Gasteiger partial charge < -0.3 is 25.0 Å². The molecule has 1 saturated heterocycles. The van der Waals surface area contributed by atoms with Crippen molar-refractivity contribution in [2.45, 2.75) is 13.3 Å². The average Bonchev–Trinajstić information content (AvgIpc) is 2.83. The number of methoxy groups -OCH3 is 1. The summed E-state index contributed by atoms with van der Waals surface area (Å²) in [6.07, 6.45) is 0.788. The maximum Gasteiger partial charge on any atom is 0.313 e. The van der Waals surface area contributed by atoms with Crippen LogP contribution >= 0.6 is 0 Å². The smallest absolute Gasteiger partial charge is 0.313 e. The number of hydrogen-bond donors (Lipinski definition) is 2. The summed E-state index contributed by atoms with van der Waals surface area (Å²) in [7, 11) is 1.70. The van der Waals surface area contributed by atoms with Crippen LogP contribution in [-0.2, 0) is 9.59 Å². The molecule has 3 rings (SSSR count). The van der Waals surface area contributed by atoms with Crippen LogP contribution in [-0.4, -0.2) is 69.7 Å². The number of anilines is 2. The highest BCUT2D eigenvalue weighted by Crippen LogP contribution is 2.28. The Hall–Kier alpha value is -3.26. The maximum atomic E-state index is 12.1. The molecule has 0 saturated carbocycles. The molecule has 1 heterocycles. The standard InChI is InChI=1S/C24H32N4O4/c1-3-32-20-11-9-19(10-12-20)26-24(30)23(29)25-13-6-14-27-15-17-28(18-16-27)21-7-4-5-8-22(21)31-2/h4-5,7-12H,3,6,13-18H2,1-2H3,(H,25,29)(H,26,30). The molecule has 0 unspecified atom stereocenters. The van der Waals surface area contributed by atoms with Gasteiger partial charge in [-0.15, -0.1) is 0 Å². The Morgan fingerprint density at radius 1 is 0.969 bits per heavy atom. The molecular weight excluding hydrogens is 408 g/mol. The third-order valence-corrected chi connectivity index (χ3v) is 5.36. The van der Waals surface area contributed by atoms with Crippen LogP contribution in [0, 0.1) is 0 Å². The molecule has 0 atom stereocenters. The first-order valence-corrected chi connectivity index (χ1v) is 11.0. The van der Waals surface area contributed by atoms with Crippen molar-refractivity contribution in [3.63, 3.8) is 0 Å². The lowest BCUT2D eigenvalue weighted by molar-refractivity contribution is -0.136. The van der Waals surface area contributed by atoms with Gasteiger partial charge in [0, 0.05) is 38.4 Å². The Morgan fingerprint density at radius 3 is 2.38 bits per heavy atom. The van der Waals surface area contributed by atoms with Gasteiger partial charge in [-0.2, -0.15) is 0 Å². The van der Waals surface area contributed by atoms with Crippen LogP contribution in [0.1, 0.15) is 13.3 Å². The monoisotopic (exact) mass is 440 g/mol. The molecular formula is C24H32N4O4. The zero-order valence-electron chi connectivity index (χ0n) is 18.8. The van der Waals surface area contributed by atoms with Crippen molar-refractivity contribution in [3.8, 4) is 11.5 Å². The summed E-state index contributed by atoms with van der Waals surface area (Å²) < 4.78 is 10.8. The quantitative estimate of drug-likeness (QED) is 0.460. The normalized spacial score (nSPS) is 14.0. The van der Waals surface area contributed by atoms with E-state index < -0.39 is 11.8 Å². The summed E-state index contributed by atoms with van der Waals surface area (Å²) in [6, 6.07) is 15.0. The van der Waals surface area contributed by atoms with E-state index in [4.69, 9.17) is 9.47 Å². The maximum absolute atomic E-state index is 12.1. The fourth-order valence-electron chi connectivity index (χ4n) is 3.68. The number of carbonyl (C=O) groups excluding carboxylic acids is 2. The van der Waals surface area contributed by atoms with Crippen LogP contribution in [0.25, 0.3) is 0 Å². The first-order valence-electron chi connectivity index (χ1n) is 11.0. The number of nitrogens with zero attached hydrogens (tertiary/aromatic N) is 2. The molecule has 8 nitrogen and oxygen atoms in total. The number of nitrogens with one attached hydrogen (secondary N) is 2. The Bertz CT molecular complexity index is 880. The zero-order valence-corrected chi connectivity index (χ0v) is 18.8. The van der Waals surface area contributed by atoms with Gasteiger partial charge in [-0.25, -0.2) is 0 Å². The van der Waals surface area contributed by atoms with Crippen molar-refractivity contribution in [1.82, 2.24) is 10.2 Å². The summed E-state index contributed by atoms with van der Waals surface area (Å²) >= 11 is 0. The minimum atomic E-state index is -0.667. The first kappa shape index (κ1) is 23.4. The molecule has 2 aromatic rings. The number of para-hydroxylation sites is 2. The lowest BCUT2D eigenvalue weighted by Crippen LogP contribution is -2.47. The third kappa shape index (κ3) is 6.62. The van der Waals surface area contributed by atoms with Crippen LogP contribution in [0.15, 0.2) is 48.5 Å². The molecule has 1 aliphatic rings. The summed E-state index contributed by atoms with van der Waals surface area (Å²) in [5.41, 5.74) is 1.68. The van der Waals surface area contributed by atoms with Crippen LogP contribution in [0.4, 0.5) is 11.4 Å². The molecule has 2 N–H and O–H groups in total. The van der Waals surface area contributed by atoms with Gasteiger partial charge >= 0.3 is 11.8 Å². The van der Waals surface area contributed by atoms with Gasteiger partial charge in [0.25, 0.3) is 0 Å². The second-order valence-electron chi connectivity index (χ2n) is 7.52. The predicted molar refractivity (Wildman–Crippen MR) is 126 cm³/mol. The number of hydrogen-bond acceptors (Lipinski definition) is 6. The highest BCUT2D eigenvalue weighted by atomic mass is 16.5. The van der Waals surface area contributed by atoms with Gasteiger partial charge in [0.05, 0.1) is 19.4 Å². The topological polar surface area (TPSA) is 83.1 Å². The van der Waals surface area contributed by atoms with Crippen molar-refractivity contribution in [3.05, 3.63) is 48.5 Å². The molecule has 0 radical (unpaired) electrons. The summed E-state index contributed by atoms with van der Waals surface area (Å²) in [5.74, 6) is 0.324. The van der Waals surface area contributed by atoms with Crippen molar-refractivity contribution in [2.75, 3.05) is 63.2 Å². The molecule has 0 aliphatic carbocycles. The number of piperazine rings is 1. The fourth-order valence-corrected chi connectivity index (χ4v) is 3.68. The minimum absolute atomic E-state index is 0.461. The number of carbonyl (C=O) groups is 2. The van der Waals surface area contributed by atoms with Crippen molar-refractivity contribution in [1.29, 1.82) is 0 Å². The Balaban J connectivity index is 1.33. The summed E-state index contributed by atoms with van der Waals surface area (Å²) in [5, 5.41) is 5.29. The first-order chi connectivity index (χ1) is 15.6. The van der Waals surface area contributed by atoms with Crippen LogP contribution in [0.2, 0.25) is 0 Å². The largest absolute Gasteiger partial charge is 0.495 e. The van der Waals surface area contributed by atoms with Gasteiger partial charge in [-0.3, -0.25) is 14.5 Å². The average molecular weight is 441 g/mol. The number of amides is 2. The number of benzene rings is 2. The van der Waals surface area contributed by atoms with E-state index in [2.05, 4.69) is 26.5 Å². The van der Waals surface area contributed by atoms with Crippen LogP contribution in [0.3, 0.4) is 0 Å². The summed E-state index contributed by atoms with van der Waals surface area (Å²) in [4.78, 5) is 28.8. The third-order valence-electron chi connectivity index (χ3n) is 5.36. The van der Waals surface area contributed by atoms with E-state index in [1.165, 1.54) is 0 Å². The number of rotatable bonds is 9. The van der Waals surface area contributed by atoms with E-state index in [0.717, 1.165) is 56.3 Å². The molecule has 0 bridgehead atoms. The lowest BCUT2D eigenvalue weighted by atomic mass is 10.2. The molecule has 1 aliphatic heterocycles. The van der Waals surface area contributed by atoms with Crippen molar-refractivity contribution in [2.24, 2.45) is 0 Å². The zero-order chi connectivity index (χ0) is 22.8. The van der Waals surface area contributed by atoms with Crippen molar-refractivity contribution >= 4 is 23.2 Å². The molecule has 1 fully saturated rings. The van der Waals surface area contributed by atoms with E-state index in [9.17, 15) is 9.59 Å². The fraction of sp³-hybridized carbons (Fsp3) is 0.417. The van der Waals surface area contributed by atoms with Gasteiger partial charge in [0.1, 0.15) is 11.5 Å². The molecule has 2 aromatic carbocycles. The Kier molecular flexibility index (Phi) is 8.74. The van der Waals surface area contributed by atoms with Crippen LogP contribution < -0.4 is 25.0 Å². The molecule has 172 valence electrons. The minimum Gasteiger partial charge on any atom is -0.495 e. The highest BCUT2D eigenvalue weighted by Gasteiger charge is 2.19. The Morgan fingerprint density at radius 2 is 1.69 bits per heavy atom.